The Bertz CT molecular complexity index is 2440. The molecule has 0 bridgehead atoms. The van der Waals surface area contributed by atoms with Crippen LogP contribution in [0.5, 0.6) is 0 Å². The topological polar surface area (TPSA) is 30.7 Å². The van der Waals surface area contributed by atoms with Crippen LogP contribution in [0.3, 0.4) is 0 Å². The lowest BCUT2D eigenvalue weighted by Gasteiger charge is -2.15. The van der Waals surface area contributed by atoms with Gasteiger partial charge in [0.25, 0.3) is 0 Å². The molecule has 0 spiro atoms. The van der Waals surface area contributed by atoms with Crippen LogP contribution in [-0.2, 0) is 0 Å². The van der Waals surface area contributed by atoms with Crippen LogP contribution in [0.4, 0.5) is 0 Å². The van der Waals surface area contributed by atoms with E-state index in [-0.39, 0.29) is 0 Å². The second-order valence-electron chi connectivity index (χ2n) is 11.0. The molecule has 0 amide bonds. The summed E-state index contributed by atoms with van der Waals surface area (Å²) < 4.78 is 2.35. The normalized spacial score (nSPS) is 11.7. The summed E-state index contributed by atoms with van der Waals surface area (Å²) >= 11 is 0. The van der Waals surface area contributed by atoms with E-state index in [1.54, 1.807) is 0 Å². The Kier molecular flexibility index (Phi) is 5.20. The molecule has 3 heteroatoms. The summed E-state index contributed by atoms with van der Waals surface area (Å²) in [5, 5.41) is 7.14. The molecule has 0 radical (unpaired) electrons. The molecule has 9 rings (SSSR count). The second kappa shape index (κ2) is 9.37. The second-order valence-corrected chi connectivity index (χ2v) is 11.0. The summed E-state index contributed by atoms with van der Waals surface area (Å²) in [6.07, 6.45) is 0. The third-order valence-corrected chi connectivity index (χ3v) is 8.58. The number of fused-ring (bicyclic) bond motifs is 9. The minimum Gasteiger partial charge on any atom is -0.309 e. The Labute approximate surface area is 248 Å². The van der Waals surface area contributed by atoms with Gasteiger partial charge in [0.1, 0.15) is 0 Å². The van der Waals surface area contributed by atoms with Gasteiger partial charge in [-0.05, 0) is 35.0 Å². The zero-order chi connectivity index (χ0) is 28.3. The van der Waals surface area contributed by atoms with Crippen LogP contribution in [0.2, 0.25) is 0 Å². The minimum atomic E-state index is 0.882. The van der Waals surface area contributed by atoms with Gasteiger partial charge < -0.3 is 4.57 Å². The summed E-state index contributed by atoms with van der Waals surface area (Å²) in [5.74, 6) is 0. The predicted octanol–water partition coefficient (Wildman–Crippen LogP) is 10.4. The number of aromatic nitrogens is 3. The van der Waals surface area contributed by atoms with Crippen LogP contribution >= 0.6 is 0 Å². The van der Waals surface area contributed by atoms with E-state index in [1.807, 2.05) is 6.07 Å². The van der Waals surface area contributed by atoms with Crippen LogP contribution in [0, 0.1) is 0 Å². The highest BCUT2D eigenvalue weighted by Gasteiger charge is 2.18. The van der Waals surface area contributed by atoms with Crippen molar-refractivity contribution in [3.63, 3.8) is 0 Å². The van der Waals surface area contributed by atoms with Crippen molar-refractivity contribution in [2.45, 2.75) is 0 Å². The summed E-state index contributed by atoms with van der Waals surface area (Å²) in [6.45, 7) is 0. The van der Waals surface area contributed by atoms with E-state index in [0.29, 0.717) is 0 Å². The molecule has 43 heavy (non-hydrogen) atoms. The lowest BCUT2D eigenvalue weighted by molar-refractivity contribution is 1.18. The molecule has 9 aromatic rings. The van der Waals surface area contributed by atoms with Gasteiger partial charge >= 0.3 is 0 Å². The average Bonchev–Trinajstić information content (AvgIpc) is 3.43. The van der Waals surface area contributed by atoms with Crippen molar-refractivity contribution in [1.82, 2.24) is 14.5 Å². The molecule has 0 aliphatic rings. The molecule has 0 aliphatic heterocycles. The molecule has 0 fully saturated rings. The summed E-state index contributed by atoms with van der Waals surface area (Å²) in [4.78, 5) is 10.8. The number of para-hydroxylation sites is 2. The Hall–Kier alpha value is -5.80. The standard InChI is InChI=1S/C40H25N3/c1-2-12-26(13-3-1)37-38(42-40-34-19-7-5-15-30(34)29-14-4-6-18-33(29)39(40)41-37)27-22-24-28(25-23-27)43-35-20-10-8-16-31(35)32-17-9-11-21-36(32)43/h1-25H. The van der Waals surface area contributed by atoms with Crippen molar-refractivity contribution >= 4 is 54.4 Å². The first-order chi connectivity index (χ1) is 21.3. The molecule has 0 aliphatic carbocycles. The number of nitrogens with zero attached hydrogens (tertiary/aromatic N) is 3. The molecule has 0 saturated carbocycles. The first-order valence-corrected chi connectivity index (χ1v) is 14.6. The zero-order valence-electron chi connectivity index (χ0n) is 23.3. The fraction of sp³-hybridized carbons (Fsp3) is 0. The molecule has 0 saturated heterocycles. The first kappa shape index (κ1) is 23.9. The highest BCUT2D eigenvalue weighted by atomic mass is 15.0. The number of benzene rings is 7. The van der Waals surface area contributed by atoms with Crippen LogP contribution in [0.25, 0.3) is 82.6 Å². The molecular formula is C40H25N3. The van der Waals surface area contributed by atoms with E-state index in [2.05, 4.69) is 150 Å². The van der Waals surface area contributed by atoms with Crippen molar-refractivity contribution in [1.29, 1.82) is 0 Å². The Balaban J connectivity index is 1.31. The van der Waals surface area contributed by atoms with E-state index < -0.39 is 0 Å². The van der Waals surface area contributed by atoms with Gasteiger partial charge in [-0.15, -0.1) is 0 Å². The van der Waals surface area contributed by atoms with Gasteiger partial charge in [-0.2, -0.15) is 0 Å². The third kappa shape index (κ3) is 3.62. The quantitative estimate of drug-likeness (QED) is 0.206. The van der Waals surface area contributed by atoms with Crippen LogP contribution < -0.4 is 0 Å². The molecule has 0 unspecified atom stereocenters. The van der Waals surface area contributed by atoms with Crippen molar-refractivity contribution in [3.05, 3.63) is 152 Å². The molecular weight excluding hydrogens is 522 g/mol. The molecule has 0 N–H and O–H groups in total. The lowest BCUT2D eigenvalue weighted by atomic mass is 9.98. The SMILES string of the molecule is c1ccc(-c2nc3c4ccccc4c4ccccc4c3nc2-c2ccc(-n3c4ccccc4c4ccccc43)cc2)cc1. The molecule has 200 valence electrons. The van der Waals surface area contributed by atoms with Crippen LogP contribution in [0.15, 0.2) is 152 Å². The van der Waals surface area contributed by atoms with E-state index in [1.165, 1.54) is 32.6 Å². The van der Waals surface area contributed by atoms with Gasteiger partial charge in [0.15, 0.2) is 0 Å². The fourth-order valence-electron chi connectivity index (χ4n) is 6.63. The highest BCUT2D eigenvalue weighted by Crippen LogP contribution is 2.38. The maximum Gasteiger partial charge on any atom is 0.0979 e. The summed E-state index contributed by atoms with van der Waals surface area (Å²) in [6, 6.07) is 53.5. The Morgan fingerprint density at radius 3 is 1.23 bits per heavy atom. The van der Waals surface area contributed by atoms with Crippen LogP contribution in [0.1, 0.15) is 0 Å². The average molecular weight is 548 g/mol. The largest absolute Gasteiger partial charge is 0.309 e. The van der Waals surface area contributed by atoms with Crippen molar-refractivity contribution in [3.8, 4) is 28.2 Å². The first-order valence-electron chi connectivity index (χ1n) is 14.6. The van der Waals surface area contributed by atoms with Gasteiger partial charge in [-0.1, -0.05) is 127 Å². The third-order valence-electron chi connectivity index (χ3n) is 8.58. The number of rotatable bonds is 3. The molecule has 2 aromatic heterocycles. The zero-order valence-corrected chi connectivity index (χ0v) is 23.3. The fourth-order valence-corrected chi connectivity index (χ4v) is 6.63. The van der Waals surface area contributed by atoms with Gasteiger partial charge in [-0.3, -0.25) is 0 Å². The molecule has 7 aromatic carbocycles. The number of hydrogen-bond donors (Lipinski definition) is 0. The Morgan fingerprint density at radius 2 is 0.721 bits per heavy atom. The predicted molar refractivity (Wildman–Crippen MR) is 180 cm³/mol. The van der Waals surface area contributed by atoms with Crippen molar-refractivity contribution in [2.75, 3.05) is 0 Å². The maximum atomic E-state index is 5.42. The van der Waals surface area contributed by atoms with E-state index >= 15 is 0 Å². The lowest BCUT2D eigenvalue weighted by Crippen LogP contribution is -1.98. The summed E-state index contributed by atoms with van der Waals surface area (Å²) in [5.41, 5.74) is 9.23. The van der Waals surface area contributed by atoms with E-state index in [9.17, 15) is 0 Å². The van der Waals surface area contributed by atoms with E-state index in [0.717, 1.165) is 50.0 Å². The van der Waals surface area contributed by atoms with Gasteiger partial charge in [0, 0.05) is 38.4 Å². The maximum absolute atomic E-state index is 5.42. The molecule has 3 nitrogen and oxygen atoms in total. The van der Waals surface area contributed by atoms with Gasteiger partial charge in [0.2, 0.25) is 0 Å². The minimum absolute atomic E-state index is 0.882. The van der Waals surface area contributed by atoms with Crippen molar-refractivity contribution in [2.24, 2.45) is 0 Å². The molecule has 0 atom stereocenters. The Morgan fingerprint density at radius 1 is 0.326 bits per heavy atom. The molecule has 2 heterocycles. The van der Waals surface area contributed by atoms with Crippen molar-refractivity contribution < 1.29 is 0 Å². The summed E-state index contributed by atoms with van der Waals surface area (Å²) in [7, 11) is 0. The highest BCUT2D eigenvalue weighted by molar-refractivity contribution is 6.23. The van der Waals surface area contributed by atoms with E-state index in [4.69, 9.17) is 9.97 Å². The monoisotopic (exact) mass is 547 g/mol. The van der Waals surface area contributed by atoms with Gasteiger partial charge in [-0.25, -0.2) is 9.97 Å². The van der Waals surface area contributed by atoms with Crippen LogP contribution in [-0.4, -0.2) is 14.5 Å². The smallest absolute Gasteiger partial charge is 0.0979 e. The van der Waals surface area contributed by atoms with Gasteiger partial charge in [0.05, 0.1) is 33.5 Å². The number of hydrogen-bond acceptors (Lipinski definition) is 2.